The highest BCUT2D eigenvalue weighted by Gasteiger charge is 2.15. The summed E-state index contributed by atoms with van der Waals surface area (Å²) in [6, 6.07) is 12.1. The number of rotatable bonds is 4. The molecular weight excluding hydrogens is 266 g/mol. The summed E-state index contributed by atoms with van der Waals surface area (Å²) in [4.78, 5) is 10.5. The Morgan fingerprint density at radius 2 is 1.84 bits per heavy atom. The molecule has 0 saturated heterocycles. The molecule has 0 unspecified atom stereocenters. The van der Waals surface area contributed by atoms with E-state index in [4.69, 9.17) is 16.3 Å². The maximum Gasteiger partial charge on any atom is 0.276 e. The third-order valence-electron chi connectivity index (χ3n) is 2.79. The van der Waals surface area contributed by atoms with Gasteiger partial charge in [0.25, 0.3) is 5.69 Å². The summed E-state index contributed by atoms with van der Waals surface area (Å²) in [5, 5.41) is 10.9. The summed E-state index contributed by atoms with van der Waals surface area (Å²) in [5.74, 6) is 1.40. The summed E-state index contributed by atoms with van der Waals surface area (Å²) in [5.41, 5.74) is 1.38. The molecule has 0 aliphatic rings. The fourth-order valence-electron chi connectivity index (χ4n) is 1.74. The van der Waals surface area contributed by atoms with Gasteiger partial charge < -0.3 is 4.74 Å². The van der Waals surface area contributed by atoms with Crippen molar-refractivity contribution in [1.29, 1.82) is 0 Å². The standard InChI is InChI=1S/C14H12ClNO3/c1-10-12(16(17)18)6-4-8-13(10)19-14-7-3-2-5-11(14)9-15/h2-8H,9H2,1H3. The molecule has 0 radical (unpaired) electrons. The van der Waals surface area contributed by atoms with E-state index in [0.29, 0.717) is 22.9 Å². The minimum absolute atomic E-state index is 0.0425. The number of alkyl halides is 1. The van der Waals surface area contributed by atoms with Crippen LogP contribution in [-0.4, -0.2) is 4.92 Å². The molecule has 0 saturated carbocycles. The largest absolute Gasteiger partial charge is 0.456 e. The van der Waals surface area contributed by atoms with E-state index in [1.54, 1.807) is 25.1 Å². The second-order valence-corrected chi connectivity index (χ2v) is 4.27. The number of ether oxygens (including phenoxy) is 1. The predicted molar refractivity (Wildman–Crippen MR) is 73.9 cm³/mol. The van der Waals surface area contributed by atoms with Crippen LogP contribution < -0.4 is 4.74 Å². The minimum Gasteiger partial charge on any atom is -0.456 e. The molecule has 2 aromatic rings. The maximum absolute atomic E-state index is 10.9. The SMILES string of the molecule is Cc1c(Oc2ccccc2CCl)cccc1[N+](=O)[O-]. The van der Waals surface area contributed by atoms with E-state index in [1.807, 2.05) is 18.2 Å². The van der Waals surface area contributed by atoms with Gasteiger partial charge in [-0.15, -0.1) is 11.6 Å². The van der Waals surface area contributed by atoms with Crippen LogP contribution in [0.15, 0.2) is 42.5 Å². The van der Waals surface area contributed by atoms with Gasteiger partial charge in [0.1, 0.15) is 11.5 Å². The van der Waals surface area contributed by atoms with Gasteiger partial charge in [-0.2, -0.15) is 0 Å². The van der Waals surface area contributed by atoms with Crippen LogP contribution in [0.2, 0.25) is 0 Å². The average molecular weight is 278 g/mol. The fourth-order valence-corrected chi connectivity index (χ4v) is 1.96. The lowest BCUT2D eigenvalue weighted by molar-refractivity contribution is -0.385. The van der Waals surface area contributed by atoms with Gasteiger partial charge in [0.05, 0.1) is 16.4 Å². The third kappa shape index (κ3) is 2.85. The summed E-state index contributed by atoms with van der Waals surface area (Å²) >= 11 is 5.83. The van der Waals surface area contributed by atoms with E-state index in [9.17, 15) is 10.1 Å². The average Bonchev–Trinajstić information content (AvgIpc) is 2.41. The van der Waals surface area contributed by atoms with Crippen LogP contribution in [0.1, 0.15) is 11.1 Å². The zero-order valence-corrected chi connectivity index (χ0v) is 11.1. The summed E-state index contributed by atoms with van der Waals surface area (Å²) in [6.07, 6.45) is 0. The second kappa shape index (κ2) is 5.71. The molecule has 0 fully saturated rings. The predicted octanol–water partition coefficient (Wildman–Crippen LogP) is 4.43. The molecule has 0 amide bonds. The van der Waals surface area contributed by atoms with Crippen LogP contribution in [-0.2, 0) is 5.88 Å². The van der Waals surface area contributed by atoms with Gasteiger partial charge in [0.15, 0.2) is 0 Å². The van der Waals surface area contributed by atoms with Crippen molar-refractivity contribution in [1.82, 2.24) is 0 Å². The van der Waals surface area contributed by atoms with Crippen molar-refractivity contribution in [2.45, 2.75) is 12.8 Å². The summed E-state index contributed by atoms with van der Waals surface area (Å²) in [6.45, 7) is 1.66. The van der Waals surface area contributed by atoms with Crippen molar-refractivity contribution in [3.8, 4) is 11.5 Å². The molecule has 2 aromatic carbocycles. The zero-order chi connectivity index (χ0) is 13.8. The van der Waals surface area contributed by atoms with Crippen molar-refractivity contribution < 1.29 is 9.66 Å². The zero-order valence-electron chi connectivity index (χ0n) is 10.3. The van der Waals surface area contributed by atoms with Crippen LogP contribution in [0.25, 0.3) is 0 Å². The molecule has 0 N–H and O–H groups in total. The smallest absolute Gasteiger partial charge is 0.276 e. The van der Waals surface area contributed by atoms with Crippen molar-refractivity contribution in [3.63, 3.8) is 0 Å². The van der Waals surface area contributed by atoms with Gasteiger partial charge in [-0.1, -0.05) is 24.3 Å². The molecule has 0 aliphatic heterocycles. The highest BCUT2D eigenvalue weighted by molar-refractivity contribution is 6.17. The Hall–Kier alpha value is -2.07. The highest BCUT2D eigenvalue weighted by atomic mass is 35.5. The topological polar surface area (TPSA) is 52.4 Å². The van der Waals surface area contributed by atoms with Crippen LogP contribution in [0, 0.1) is 17.0 Å². The first-order chi connectivity index (χ1) is 9.13. The number of nitro benzene ring substituents is 1. The molecular formula is C14H12ClNO3. The molecule has 4 nitrogen and oxygen atoms in total. The number of nitrogens with zero attached hydrogens (tertiary/aromatic N) is 1. The molecule has 0 spiro atoms. The molecule has 0 aliphatic carbocycles. The van der Waals surface area contributed by atoms with Crippen molar-refractivity contribution in [2.24, 2.45) is 0 Å². The number of halogens is 1. The van der Waals surface area contributed by atoms with E-state index < -0.39 is 4.92 Å². The maximum atomic E-state index is 10.9. The number of hydrogen-bond donors (Lipinski definition) is 0. The Morgan fingerprint density at radius 1 is 1.16 bits per heavy atom. The quantitative estimate of drug-likeness (QED) is 0.472. The van der Waals surface area contributed by atoms with Crippen LogP contribution in [0.3, 0.4) is 0 Å². The van der Waals surface area contributed by atoms with Gasteiger partial charge >= 0.3 is 0 Å². The van der Waals surface area contributed by atoms with E-state index in [0.717, 1.165) is 5.56 Å². The lowest BCUT2D eigenvalue weighted by atomic mass is 10.1. The van der Waals surface area contributed by atoms with Gasteiger partial charge in [0.2, 0.25) is 0 Å². The number of hydrogen-bond acceptors (Lipinski definition) is 3. The molecule has 0 aromatic heterocycles. The normalized spacial score (nSPS) is 10.2. The number of nitro groups is 1. The molecule has 0 atom stereocenters. The highest BCUT2D eigenvalue weighted by Crippen LogP contribution is 2.32. The first-order valence-electron chi connectivity index (χ1n) is 5.69. The first-order valence-corrected chi connectivity index (χ1v) is 6.22. The van der Waals surface area contributed by atoms with E-state index in [2.05, 4.69) is 0 Å². The first kappa shape index (κ1) is 13.4. The second-order valence-electron chi connectivity index (χ2n) is 4.00. The monoisotopic (exact) mass is 277 g/mol. The van der Waals surface area contributed by atoms with Crippen molar-refractivity contribution >= 4 is 17.3 Å². The van der Waals surface area contributed by atoms with E-state index in [-0.39, 0.29) is 5.69 Å². The summed E-state index contributed by atoms with van der Waals surface area (Å²) in [7, 11) is 0. The van der Waals surface area contributed by atoms with Crippen molar-refractivity contribution in [2.75, 3.05) is 0 Å². The number of para-hydroxylation sites is 1. The fraction of sp³-hybridized carbons (Fsp3) is 0.143. The van der Waals surface area contributed by atoms with E-state index in [1.165, 1.54) is 6.07 Å². The van der Waals surface area contributed by atoms with Crippen molar-refractivity contribution in [3.05, 3.63) is 63.7 Å². The van der Waals surface area contributed by atoms with Gasteiger partial charge in [-0.25, -0.2) is 0 Å². The Bertz CT molecular complexity index is 613. The van der Waals surface area contributed by atoms with Crippen LogP contribution in [0.4, 0.5) is 5.69 Å². The molecule has 98 valence electrons. The summed E-state index contributed by atoms with van der Waals surface area (Å²) < 4.78 is 5.73. The molecule has 0 heterocycles. The van der Waals surface area contributed by atoms with Crippen LogP contribution in [0.5, 0.6) is 11.5 Å². The lowest BCUT2D eigenvalue weighted by Gasteiger charge is -2.11. The van der Waals surface area contributed by atoms with Gasteiger partial charge in [-0.05, 0) is 19.1 Å². The van der Waals surface area contributed by atoms with Crippen LogP contribution >= 0.6 is 11.6 Å². The van der Waals surface area contributed by atoms with Gasteiger partial charge in [0, 0.05) is 11.6 Å². The third-order valence-corrected chi connectivity index (χ3v) is 3.08. The van der Waals surface area contributed by atoms with Gasteiger partial charge in [-0.3, -0.25) is 10.1 Å². The molecule has 19 heavy (non-hydrogen) atoms. The Kier molecular flexibility index (Phi) is 4.02. The lowest BCUT2D eigenvalue weighted by Crippen LogP contribution is -1.95. The Balaban J connectivity index is 2.39. The molecule has 0 bridgehead atoms. The molecule has 5 heteroatoms. The number of benzene rings is 2. The Morgan fingerprint density at radius 3 is 2.53 bits per heavy atom. The minimum atomic E-state index is -0.421. The molecule has 2 rings (SSSR count). The van der Waals surface area contributed by atoms with E-state index >= 15 is 0 Å². The Labute approximate surface area is 115 Å².